The Morgan fingerprint density at radius 3 is 3.08 bits per heavy atom. The Bertz CT molecular complexity index is 172. The Labute approximate surface area is 78.8 Å². The summed E-state index contributed by atoms with van der Waals surface area (Å²) >= 11 is 0. The molecule has 0 aromatic carbocycles. The molecule has 1 aliphatic rings. The Hall–Kier alpha value is -0.610. The summed E-state index contributed by atoms with van der Waals surface area (Å²) < 4.78 is 10.2. The zero-order valence-electron chi connectivity index (χ0n) is 8.28. The van der Waals surface area contributed by atoms with E-state index in [1.807, 2.05) is 13.8 Å². The molecule has 1 unspecified atom stereocenters. The summed E-state index contributed by atoms with van der Waals surface area (Å²) in [6.45, 7) is 7.03. The minimum absolute atomic E-state index is 0.142. The molecule has 0 aromatic rings. The maximum atomic E-state index is 11.1. The van der Waals surface area contributed by atoms with Gasteiger partial charge in [0, 0.05) is 13.1 Å². The second-order valence-corrected chi connectivity index (χ2v) is 3.22. The standard InChI is InChI=1S/C9H17NO3/c1-3-12-9(11)7-10-4-5-13-8(2)6-10/h8H,3-7H2,1-2H3. The molecule has 0 amide bonds. The molecule has 1 atom stereocenters. The lowest BCUT2D eigenvalue weighted by atomic mass is 10.3. The van der Waals surface area contributed by atoms with Crippen LogP contribution in [0.1, 0.15) is 13.8 Å². The fourth-order valence-corrected chi connectivity index (χ4v) is 1.42. The smallest absolute Gasteiger partial charge is 0.320 e. The molecule has 76 valence electrons. The number of nitrogens with zero attached hydrogens (tertiary/aromatic N) is 1. The number of hydrogen-bond acceptors (Lipinski definition) is 4. The molecule has 0 aliphatic carbocycles. The normalized spacial score (nSPS) is 24.3. The topological polar surface area (TPSA) is 38.8 Å². The van der Waals surface area contributed by atoms with Crippen molar-refractivity contribution < 1.29 is 14.3 Å². The van der Waals surface area contributed by atoms with Gasteiger partial charge in [-0.05, 0) is 13.8 Å². The molecule has 1 aliphatic heterocycles. The lowest BCUT2D eigenvalue weighted by Gasteiger charge is -2.29. The van der Waals surface area contributed by atoms with Crippen molar-refractivity contribution in [3.8, 4) is 0 Å². The predicted molar refractivity (Wildman–Crippen MR) is 48.5 cm³/mol. The van der Waals surface area contributed by atoms with Crippen molar-refractivity contribution in [2.75, 3.05) is 32.8 Å². The third-order valence-electron chi connectivity index (χ3n) is 1.98. The zero-order chi connectivity index (χ0) is 9.68. The number of carbonyl (C=O) groups excluding carboxylic acids is 1. The van der Waals surface area contributed by atoms with Gasteiger partial charge < -0.3 is 9.47 Å². The van der Waals surface area contributed by atoms with Crippen LogP contribution in [0.15, 0.2) is 0 Å². The van der Waals surface area contributed by atoms with Crippen molar-refractivity contribution in [2.24, 2.45) is 0 Å². The van der Waals surface area contributed by atoms with Crippen molar-refractivity contribution >= 4 is 5.97 Å². The highest BCUT2D eigenvalue weighted by Gasteiger charge is 2.18. The molecule has 1 saturated heterocycles. The summed E-state index contributed by atoms with van der Waals surface area (Å²) in [5.41, 5.74) is 0. The van der Waals surface area contributed by atoms with E-state index in [1.165, 1.54) is 0 Å². The maximum Gasteiger partial charge on any atom is 0.320 e. The van der Waals surface area contributed by atoms with Crippen molar-refractivity contribution in [2.45, 2.75) is 20.0 Å². The number of carbonyl (C=O) groups is 1. The molecule has 0 N–H and O–H groups in total. The molecule has 1 rings (SSSR count). The van der Waals surface area contributed by atoms with E-state index in [0.29, 0.717) is 19.8 Å². The van der Waals surface area contributed by atoms with Gasteiger partial charge in [0.05, 0.1) is 25.9 Å². The summed E-state index contributed by atoms with van der Waals surface area (Å²) in [7, 11) is 0. The first-order valence-corrected chi connectivity index (χ1v) is 4.72. The summed E-state index contributed by atoms with van der Waals surface area (Å²) in [6.07, 6.45) is 0.225. The fraction of sp³-hybridized carbons (Fsp3) is 0.889. The van der Waals surface area contributed by atoms with Crippen LogP contribution in [-0.2, 0) is 14.3 Å². The van der Waals surface area contributed by atoms with Gasteiger partial charge in [-0.1, -0.05) is 0 Å². The van der Waals surface area contributed by atoms with E-state index in [4.69, 9.17) is 9.47 Å². The van der Waals surface area contributed by atoms with Crippen molar-refractivity contribution in [3.05, 3.63) is 0 Å². The van der Waals surface area contributed by atoms with Gasteiger partial charge in [-0.2, -0.15) is 0 Å². The van der Waals surface area contributed by atoms with Gasteiger partial charge in [0.1, 0.15) is 0 Å². The number of rotatable bonds is 3. The highest BCUT2D eigenvalue weighted by atomic mass is 16.5. The van der Waals surface area contributed by atoms with E-state index in [1.54, 1.807) is 0 Å². The first-order valence-electron chi connectivity index (χ1n) is 4.72. The van der Waals surface area contributed by atoms with Gasteiger partial charge in [-0.25, -0.2) is 0 Å². The Balaban J connectivity index is 2.23. The van der Waals surface area contributed by atoms with E-state index < -0.39 is 0 Å². The zero-order valence-corrected chi connectivity index (χ0v) is 8.28. The second kappa shape index (κ2) is 5.19. The molecule has 0 aromatic heterocycles. The summed E-state index contributed by atoms with van der Waals surface area (Å²) in [5.74, 6) is -0.142. The molecule has 0 saturated carbocycles. The van der Waals surface area contributed by atoms with Gasteiger partial charge in [-0.15, -0.1) is 0 Å². The monoisotopic (exact) mass is 187 g/mol. The van der Waals surface area contributed by atoms with Gasteiger partial charge in [-0.3, -0.25) is 9.69 Å². The van der Waals surface area contributed by atoms with E-state index in [9.17, 15) is 4.79 Å². The van der Waals surface area contributed by atoms with Gasteiger partial charge in [0.2, 0.25) is 0 Å². The number of hydrogen-bond donors (Lipinski definition) is 0. The lowest BCUT2D eigenvalue weighted by molar-refractivity contribution is -0.146. The van der Waals surface area contributed by atoms with Crippen molar-refractivity contribution in [1.29, 1.82) is 0 Å². The summed E-state index contributed by atoms with van der Waals surface area (Å²) in [5, 5.41) is 0. The van der Waals surface area contributed by atoms with E-state index in [-0.39, 0.29) is 12.1 Å². The minimum Gasteiger partial charge on any atom is -0.465 e. The van der Waals surface area contributed by atoms with E-state index in [2.05, 4.69) is 4.90 Å². The number of ether oxygens (including phenoxy) is 2. The summed E-state index contributed by atoms with van der Waals surface area (Å²) in [4.78, 5) is 13.2. The Kier molecular flexibility index (Phi) is 4.18. The predicted octanol–water partition coefficient (Wildman–Crippen LogP) is 0.270. The third kappa shape index (κ3) is 3.74. The quantitative estimate of drug-likeness (QED) is 0.594. The molecule has 0 bridgehead atoms. The van der Waals surface area contributed by atoms with Crippen LogP contribution in [0.4, 0.5) is 0 Å². The first kappa shape index (κ1) is 10.5. The Morgan fingerprint density at radius 2 is 2.46 bits per heavy atom. The molecule has 13 heavy (non-hydrogen) atoms. The highest BCUT2D eigenvalue weighted by molar-refractivity contribution is 5.71. The molecule has 4 heteroatoms. The minimum atomic E-state index is -0.142. The average molecular weight is 187 g/mol. The SMILES string of the molecule is CCOC(=O)CN1CCOC(C)C1. The van der Waals surface area contributed by atoms with Gasteiger partial charge >= 0.3 is 5.97 Å². The van der Waals surface area contributed by atoms with Crippen LogP contribution < -0.4 is 0 Å². The van der Waals surface area contributed by atoms with Crippen LogP contribution in [0, 0.1) is 0 Å². The van der Waals surface area contributed by atoms with Crippen LogP contribution in [0.2, 0.25) is 0 Å². The summed E-state index contributed by atoms with van der Waals surface area (Å²) in [6, 6.07) is 0. The molecule has 4 nitrogen and oxygen atoms in total. The molecule has 1 heterocycles. The molecule has 0 spiro atoms. The third-order valence-corrected chi connectivity index (χ3v) is 1.98. The Morgan fingerprint density at radius 1 is 1.69 bits per heavy atom. The lowest BCUT2D eigenvalue weighted by Crippen LogP contribution is -2.43. The van der Waals surface area contributed by atoms with Crippen LogP contribution >= 0.6 is 0 Å². The van der Waals surface area contributed by atoms with Crippen LogP contribution in [-0.4, -0.2) is 49.8 Å². The molecular weight excluding hydrogens is 170 g/mol. The van der Waals surface area contributed by atoms with Crippen molar-refractivity contribution in [3.63, 3.8) is 0 Å². The highest BCUT2D eigenvalue weighted by Crippen LogP contribution is 2.03. The van der Waals surface area contributed by atoms with E-state index in [0.717, 1.165) is 13.1 Å². The van der Waals surface area contributed by atoms with Crippen LogP contribution in [0.3, 0.4) is 0 Å². The first-order chi connectivity index (χ1) is 6.22. The van der Waals surface area contributed by atoms with E-state index >= 15 is 0 Å². The average Bonchev–Trinajstić information content (AvgIpc) is 2.04. The molecular formula is C9H17NO3. The maximum absolute atomic E-state index is 11.1. The number of morpholine rings is 1. The molecule has 1 fully saturated rings. The number of esters is 1. The fourth-order valence-electron chi connectivity index (χ4n) is 1.42. The van der Waals surface area contributed by atoms with Crippen molar-refractivity contribution in [1.82, 2.24) is 4.90 Å². The second-order valence-electron chi connectivity index (χ2n) is 3.22. The van der Waals surface area contributed by atoms with Gasteiger partial charge in [0.15, 0.2) is 0 Å². The van der Waals surface area contributed by atoms with Crippen LogP contribution in [0.25, 0.3) is 0 Å². The molecule has 0 radical (unpaired) electrons. The van der Waals surface area contributed by atoms with Crippen LogP contribution in [0.5, 0.6) is 0 Å². The largest absolute Gasteiger partial charge is 0.465 e. The van der Waals surface area contributed by atoms with Gasteiger partial charge in [0.25, 0.3) is 0 Å².